The molecule has 0 amide bonds. The summed E-state index contributed by atoms with van der Waals surface area (Å²) in [6.45, 7) is 2.02. The summed E-state index contributed by atoms with van der Waals surface area (Å²) in [6, 6.07) is 1.92. The SMILES string of the molecule is CCCC(=O)CCc1cncc(OC)c1. The lowest BCUT2D eigenvalue weighted by molar-refractivity contribution is -0.119. The van der Waals surface area contributed by atoms with E-state index in [9.17, 15) is 4.79 Å². The van der Waals surface area contributed by atoms with Crippen LogP contribution in [0.1, 0.15) is 31.7 Å². The molecule has 0 N–H and O–H groups in total. The van der Waals surface area contributed by atoms with Crippen LogP contribution in [0.5, 0.6) is 5.75 Å². The summed E-state index contributed by atoms with van der Waals surface area (Å²) in [5.74, 6) is 1.07. The van der Waals surface area contributed by atoms with Gasteiger partial charge in [-0.25, -0.2) is 0 Å². The Labute approximate surface area is 90.5 Å². The molecule has 15 heavy (non-hydrogen) atoms. The number of aryl methyl sites for hydroxylation is 1. The van der Waals surface area contributed by atoms with Crippen LogP contribution in [0.4, 0.5) is 0 Å². The maximum absolute atomic E-state index is 11.3. The Morgan fingerprint density at radius 3 is 2.87 bits per heavy atom. The van der Waals surface area contributed by atoms with Crippen molar-refractivity contribution in [3.63, 3.8) is 0 Å². The first-order chi connectivity index (χ1) is 7.26. The average Bonchev–Trinajstić information content (AvgIpc) is 2.27. The number of carbonyl (C=O) groups excluding carboxylic acids is 1. The number of rotatable bonds is 6. The van der Waals surface area contributed by atoms with Crippen molar-refractivity contribution in [1.82, 2.24) is 4.98 Å². The largest absolute Gasteiger partial charge is 0.495 e. The summed E-state index contributed by atoms with van der Waals surface area (Å²) >= 11 is 0. The molecular weight excluding hydrogens is 190 g/mol. The Morgan fingerprint density at radius 1 is 1.40 bits per heavy atom. The molecule has 0 unspecified atom stereocenters. The van der Waals surface area contributed by atoms with E-state index in [0.717, 1.165) is 24.2 Å². The van der Waals surface area contributed by atoms with Crippen LogP contribution >= 0.6 is 0 Å². The number of methoxy groups -OCH3 is 1. The molecule has 1 aromatic heterocycles. The average molecular weight is 207 g/mol. The first kappa shape index (κ1) is 11.7. The summed E-state index contributed by atoms with van der Waals surface area (Å²) < 4.78 is 5.06. The number of aromatic nitrogens is 1. The minimum atomic E-state index is 0.320. The molecule has 0 atom stereocenters. The van der Waals surface area contributed by atoms with Crippen LogP contribution < -0.4 is 4.74 Å². The van der Waals surface area contributed by atoms with E-state index in [1.807, 2.05) is 13.0 Å². The highest BCUT2D eigenvalue weighted by Gasteiger charge is 2.02. The second kappa shape index (κ2) is 6.17. The number of nitrogens with zero attached hydrogens (tertiary/aromatic N) is 1. The number of ether oxygens (including phenoxy) is 1. The fourth-order valence-electron chi connectivity index (χ4n) is 1.40. The molecular formula is C12H17NO2. The van der Waals surface area contributed by atoms with Gasteiger partial charge in [0, 0.05) is 19.0 Å². The smallest absolute Gasteiger partial charge is 0.137 e. The minimum absolute atomic E-state index is 0.320. The normalized spacial score (nSPS) is 10.0. The minimum Gasteiger partial charge on any atom is -0.495 e. The highest BCUT2D eigenvalue weighted by Crippen LogP contribution is 2.12. The van der Waals surface area contributed by atoms with Crippen LogP contribution in [0.3, 0.4) is 0 Å². The van der Waals surface area contributed by atoms with Gasteiger partial charge in [0.2, 0.25) is 0 Å². The van der Waals surface area contributed by atoms with Crippen LogP contribution in [-0.2, 0) is 11.2 Å². The van der Waals surface area contributed by atoms with E-state index >= 15 is 0 Å². The number of Topliss-reactive ketones (excluding diaryl/α,β-unsaturated/α-hetero) is 1. The second-order valence-electron chi connectivity index (χ2n) is 3.52. The van der Waals surface area contributed by atoms with Gasteiger partial charge >= 0.3 is 0 Å². The van der Waals surface area contributed by atoms with Gasteiger partial charge in [0.05, 0.1) is 13.3 Å². The van der Waals surface area contributed by atoms with Crippen molar-refractivity contribution in [2.75, 3.05) is 7.11 Å². The van der Waals surface area contributed by atoms with E-state index in [2.05, 4.69) is 4.98 Å². The van der Waals surface area contributed by atoms with Crippen LogP contribution in [0, 0.1) is 0 Å². The number of carbonyl (C=O) groups is 1. The first-order valence-corrected chi connectivity index (χ1v) is 5.26. The quantitative estimate of drug-likeness (QED) is 0.719. The third-order valence-corrected chi connectivity index (χ3v) is 2.23. The monoisotopic (exact) mass is 207 g/mol. The molecule has 0 saturated carbocycles. The van der Waals surface area contributed by atoms with Gasteiger partial charge in [-0.2, -0.15) is 0 Å². The second-order valence-corrected chi connectivity index (χ2v) is 3.52. The van der Waals surface area contributed by atoms with Gasteiger partial charge in [0.15, 0.2) is 0 Å². The fourth-order valence-corrected chi connectivity index (χ4v) is 1.40. The highest BCUT2D eigenvalue weighted by atomic mass is 16.5. The molecule has 3 nitrogen and oxygen atoms in total. The fraction of sp³-hybridized carbons (Fsp3) is 0.500. The summed E-state index contributed by atoms with van der Waals surface area (Å²) in [6.07, 6.45) is 6.40. The van der Waals surface area contributed by atoms with E-state index in [1.54, 1.807) is 19.5 Å². The van der Waals surface area contributed by atoms with Gasteiger partial charge in [-0.1, -0.05) is 6.92 Å². The zero-order valence-corrected chi connectivity index (χ0v) is 9.32. The molecule has 0 bridgehead atoms. The molecule has 82 valence electrons. The van der Waals surface area contributed by atoms with Crippen molar-refractivity contribution >= 4 is 5.78 Å². The molecule has 3 heteroatoms. The van der Waals surface area contributed by atoms with Gasteiger partial charge in [-0.05, 0) is 24.5 Å². The van der Waals surface area contributed by atoms with Crippen molar-refractivity contribution < 1.29 is 9.53 Å². The summed E-state index contributed by atoms with van der Waals surface area (Å²) in [5, 5.41) is 0. The number of hydrogen-bond acceptors (Lipinski definition) is 3. The van der Waals surface area contributed by atoms with Crippen LogP contribution in [0.25, 0.3) is 0 Å². The molecule has 0 radical (unpaired) electrons. The molecule has 1 aromatic rings. The maximum atomic E-state index is 11.3. The Hall–Kier alpha value is -1.38. The summed E-state index contributed by atoms with van der Waals surface area (Å²) in [5.41, 5.74) is 1.05. The zero-order valence-electron chi connectivity index (χ0n) is 9.32. The molecule has 0 aliphatic rings. The molecule has 0 aliphatic heterocycles. The van der Waals surface area contributed by atoms with Crippen molar-refractivity contribution in [1.29, 1.82) is 0 Å². The van der Waals surface area contributed by atoms with Crippen LogP contribution in [0.2, 0.25) is 0 Å². The lowest BCUT2D eigenvalue weighted by Gasteiger charge is -2.03. The Morgan fingerprint density at radius 2 is 2.20 bits per heavy atom. The van der Waals surface area contributed by atoms with Gasteiger partial charge < -0.3 is 4.74 Å². The lowest BCUT2D eigenvalue weighted by atomic mass is 10.1. The van der Waals surface area contributed by atoms with Crippen molar-refractivity contribution in [3.8, 4) is 5.75 Å². The summed E-state index contributed by atoms with van der Waals surface area (Å²) in [4.78, 5) is 15.4. The van der Waals surface area contributed by atoms with Crippen molar-refractivity contribution in [2.24, 2.45) is 0 Å². The zero-order chi connectivity index (χ0) is 11.1. The van der Waals surface area contributed by atoms with Crippen LogP contribution in [0.15, 0.2) is 18.5 Å². The highest BCUT2D eigenvalue weighted by molar-refractivity contribution is 5.78. The van der Waals surface area contributed by atoms with Gasteiger partial charge in [0.1, 0.15) is 11.5 Å². The Bertz CT molecular complexity index is 323. The van der Waals surface area contributed by atoms with E-state index in [4.69, 9.17) is 4.74 Å². The van der Waals surface area contributed by atoms with E-state index in [0.29, 0.717) is 18.6 Å². The predicted octanol–water partition coefficient (Wildman–Crippen LogP) is 2.39. The van der Waals surface area contributed by atoms with Crippen molar-refractivity contribution in [3.05, 3.63) is 24.0 Å². The third-order valence-electron chi connectivity index (χ3n) is 2.23. The summed E-state index contributed by atoms with van der Waals surface area (Å²) in [7, 11) is 1.61. The number of pyridine rings is 1. The molecule has 0 aliphatic carbocycles. The van der Waals surface area contributed by atoms with E-state index in [1.165, 1.54) is 0 Å². The van der Waals surface area contributed by atoms with Crippen molar-refractivity contribution in [2.45, 2.75) is 32.6 Å². The lowest BCUT2D eigenvalue weighted by Crippen LogP contribution is -1.99. The van der Waals surface area contributed by atoms with Crippen LogP contribution in [-0.4, -0.2) is 17.9 Å². The number of ketones is 1. The maximum Gasteiger partial charge on any atom is 0.137 e. The Balaban J connectivity index is 2.46. The third kappa shape index (κ3) is 4.11. The molecule has 0 spiro atoms. The standard InChI is InChI=1S/C12H17NO2/c1-3-4-11(14)6-5-10-7-12(15-2)9-13-8-10/h7-9H,3-6H2,1-2H3. The topological polar surface area (TPSA) is 39.2 Å². The predicted molar refractivity (Wildman–Crippen MR) is 59.0 cm³/mol. The van der Waals surface area contributed by atoms with E-state index < -0.39 is 0 Å². The molecule has 0 aromatic carbocycles. The van der Waals surface area contributed by atoms with Gasteiger partial charge in [0.25, 0.3) is 0 Å². The molecule has 0 fully saturated rings. The first-order valence-electron chi connectivity index (χ1n) is 5.26. The van der Waals surface area contributed by atoms with E-state index in [-0.39, 0.29) is 0 Å². The van der Waals surface area contributed by atoms with Gasteiger partial charge in [-0.3, -0.25) is 9.78 Å². The molecule has 1 heterocycles. The number of hydrogen-bond donors (Lipinski definition) is 0. The molecule has 0 saturated heterocycles. The Kier molecular flexibility index (Phi) is 4.81. The molecule has 1 rings (SSSR count). The van der Waals surface area contributed by atoms with Gasteiger partial charge in [-0.15, -0.1) is 0 Å².